The number of aliphatic hydroxyl groups excluding tert-OH is 1. The minimum absolute atomic E-state index is 0.212. The zero-order chi connectivity index (χ0) is 8.81. The molecule has 1 heterocycles. The van der Waals surface area contributed by atoms with E-state index >= 15 is 0 Å². The number of hydrogen-bond donors (Lipinski definition) is 2. The first kappa shape index (κ1) is 9.47. The highest BCUT2D eigenvalue weighted by Crippen LogP contribution is 2.22. The van der Waals surface area contributed by atoms with Crippen LogP contribution in [-0.4, -0.2) is 37.6 Å². The van der Waals surface area contributed by atoms with Crippen LogP contribution in [0.4, 0.5) is 0 Å². The van der Waals surface area contributed by atoms with E-state index in [2.05, 4.69) is 27.5 Å². The van der Waals surface area contributed by atoms with Crippen molar-refractivity contribution in [3.8, 4) is 0 Å². The fraction of sp³-hybridized carbons (Fsp3) is 0.833. The van der Waals surface area contributed by atoms with Crippen LogP contribution >= 0.6 is 11.8 Å². The van der Waals surface area contributed by atoms with Crippen LogP contribution < -0.4 is 0 Å². The third kappa shape index (κ3) is 2.78. The van der Waals surface area contributed by atoms with Crippen molar-refractivity contribution in [2.75, 3.05) is 6.61 Å². The summed E-state index contributed by atoms with van der Waals surface area (Å²) in [6.45, 7) is 2.29. The second-order valence-corrected chi connectivity index (χ2v) is 3.62. The lowest BCUT2D eigenvalue weighted by atomic mass is 10.2. The normalized spacial score (nSPS) is 13.2. The summed E-state index contributed by atoms with van der Waals surface area (Å²) >= 11 is 1.54. The van der Waals surface area contributed by atoms with Crippen molar-refractivity contribution < 1.29 is 5.11 Å². The molecule has 1 atom stereocenters. The van der Waals surface area contributed by atoms with E-state index in [9.17, 15) is 0 Å². The van der Waals surface area contributed by atoms with Gasteiger partial charge in [-0.05, 0) is 18.1 Å². The molecule has 0 saturated heterocycles. The predicted molar refractivity (Wildman–Crippen MR) is 45.8 cm³/mol. The Balaban J connectivity index is 2.37. The Kier molecular flexibility index (Phi) is 4.02. The van der Waals surface area contributed by atoms with Crippen molar-refractivity contribution in [1.82, 2.24) is 20.6 Å². The molecule has 0 fully saturated rings. The largest absolute Gasteiger partial charge is 0.396 e. The van der Waals surface area contributed by atoms with E-state index in [1.54, 1.807) is 11.8 Å². The van der Waals surface area contributed by atoms with Crippen LogP contribution in [0.15, 0.2) is 5.16 Å². The minimum atomic E-state index is 0.212. The second kappa shape index (κ2) is 5.10. The number of rotatable bonds is 5. The monoisotopic (exact) mass is 188 g/mol. The molecule has 2 N–H and O–H groups in total. The molecule has 0 aliphatic heterocycles. The van der Waals surface area contributed by atoms with Gasteiger partial charge >= 0.3 is 0 Å². The van der Waals surface area contributed by atoms with Gasteiger partial charge in [-0.25, -0.2) is 0 Å². The maximum absolute atomic E-state index is 8.72. The molecule has 0 aliphatic carbocycles. The molecular weight excluding hydrogens is 176 g/mol. The summed E-state index contributed by atoms with van der Waals surface area (Å²) in [5.74, 6) is 0. The Morgan fingerprint density at radius 3 is 3.00 bits per heavy atom. The number of aromatic amines is 1. The van der Waals surface area contributed by atoms with Crippen LogP contribution in [0.3, 0.4) is 0 Å². The van der Waals surface area contributed by atoms with Crippen molar-refractivity contribution in [3.63, 3.8) is 0 Å². The van der Waals surface area contributed by atoms with Gasteiger partial charge in [0.05, 0.1) is 0 Å². The van der Waals surface area contributed by atoms with E-state index in [-0.39, 0.29) is 6.61 Å². The molecule has 0 bridgehead atoms. The summed E-state index contributed by atoms with van der Waals surface area (Å²) in [5.41, 5.74) is 0. The van der Waals surface area contributed by atoms with Gasteiger partial charge in [0, 0.05) is 11.9 Å². The number of nitrogens with zero attached hydrogens (tertiary/aromatic N) is 3. The maximum Gasteiger partial charge on any atom is 0.231 e. The van der Waals surface area contributed by atoms with Gasteiger partial charge in [-0.15, -0.1) is 10.2 Å². The second-order valence-electron chi connectivity index (χ2n) is 2.35. The zero-order valence-corrected chi connectivity index (χ0v) is 7.71. The maximum atomic E-state index is 8.72. The van der Waals surface area contributed by atoms with E-state index in [0.717, 1.165) is 12.8 Å². The Labute approximate surface area is 74.9 Å². The summed E-state index contributed by atoms with van der Waals surface area (Å²) in [6.07, 6.45) is 1.77. The smallest absolute Gasteiger partial charge is 0.231 e. The number of thioether (sulfide) groups is 1. The molecule has 0 spiro atoms. The minimum Gasteiger partial charge on any atom is -0.396 e. The SMILES string of the molecule is CCC(CCO)Sc1nn[nH]n1. The molecule has 1 aromatic rings. The van der Waals surface area contributed by atoms with E-state index in [1.165, 1.54) is 0 Å². The molecule has 0 radical (unpaired) electrons. The number of nitrogens with one attached hydrogen (secondary N) is 1. The molecule has 0 amide bonds. The van der Waals surface area contributed by atoms with Gasteiger partial charge in [-0.3, -0.25) is 0 Å². The third-order valence-corrected chi connectivity index (χ3v) is 2.79. The van der Waals surface area contributed by atoms with E-state index in [4.69, 9.17) is 5.11 Å². The van der Waals surface area contributed by atoms with Gasteiger partial charge in [0.25, 0.3) is 0 Å². The molecule has 6 heteroatoms. The van der Waals surface area contributed by atoms with Crippen LogP contribution in [0.1, 0.15) is 19.8 Å². The van der Waals surface area contributed by atoms with Crippen molar-refractivity contribution in [1.29, 1.82) is 0 Å². The van der Waals surface area contributed by atoms with Crippen LogP contribution in [0.5, 0.6) is 0 Å². The summed E-state index contributed by atoms with van der Waals surface area (Å²) in [7, 11) is 0. The molecule has 0 saturated carbocycles. The third-order valence-electron chi connectivity index (χ3n) is 1.50. The van der Waals surface area contributed by atoms with Gasteiger partial charge in [0.15, 0.2) is 0 Å². The highest BCUT2D eigenvalue weighted by atomic mass is 32.2. The Hall–Kier alpha value is -0.620. The van der Waals surface area contributed by atoms with Crippen molar-refractivity contribution in [3.05, 3.63) is 0 Å². The summed E-state index contributed by atoms with van der Waals surface area (Å²) < 4.78 is 0. The fourth-order valence-corrected chi connectivity index (χ4v) is 1.71. The van der Waals surface area contributed by atoms with Crippen LogP contribution in [0.25, 0.3) is 0 Å². The Morgan fingerprint density at radius 2 is 2.50 bits per heavy atom. The summed E-state index contributed by atoms with van der Waals surface area (Å²) in [4.78, 5) is 0. The highest BCUT2D eigenvalue weighted by Gasteiger charge is 2.09. The van der Waals surface area contributed by atoms with Gasteiger partial charge in [0.2, 0.25) is 5.16 Å². The standard InChI is InChI=1S/C6H12N4OS/c1-2-5(3-4-11)12-6-7-9-10-8-6/h5,11H,2-4H2,1H3,(H,7,8,9,10). The quantitative estimate of drug-likeness (QED) is 0.656. The molecule has 1 rings (SSSR count). The number of aromatic nitrogens is 4. The fourth-order valence-electron chi connectivity index (χ4n) is 0.842. The highest BCUT2D eigenvalue weighted by molar-refractivity contribution is 7.99. The lowest BCUT2D eigenvalue weighted by Gasteiger charge is -2.08. The number of H-pyrrole nitrogens is 1. The van der Waals surface area contributed by atoms with Crippen molar-refractivity contribution in [2.45, 2.75) is 30.2 Å². The van der Waals surface area contributed by atoms with Gasteiger partial charge in [-0.1, -0.05) is 18.7 Å². The molecule has 0 aliphatic rings. The predicted octanol–water partition coefficient (Wildman–Crippen LogP) is 0.453. The lowest BCUT2D eigenvalue weighted by Crippen LogP contribution is -2.03. The van der Waals surface area contributed by atoms with Crippen LogP contribution in [0.2, 0.25) is 0 Å². The first-order valence-electron chi connectivity index (χ1n) is 3.87. The average molecular weight is 188 g/mol. The summed E-state index contributed by atoms with van der Waals surface area (Å²) in [6, 6.07) is 0. The van der Waals surface area contributed by atoms with Gasteiger partial charge in [0.1, 0.15) is 0 Å². The topological polar surface area (TPSA) is 74.7 Å². The average Bonchev–Trinajstić information content (AvgIpc) is 2.56. The van der Waals surface area contributed by atoms with Crippen LogP contribution in [-0.2, 0) is 0 Å². The Bertz CT molecular complexity index is 203. The molecular formula is C6H12N4OS. The first-order valence-corrected chi connectivity index (χ1v) is 4.75. The molecule has 1 aromatic heterocycles. The van der Waals surface area contributed by atoms with E-state index in [0.29, 0.717) is 10.4 Å². The van der Waals surface area contributed by atoms with Crippen molar-refractivity contribution >= 4 is 11.8 Å². The Morgan fingerprint density at radius 1 is 1.67 bits per heavy atom. The molecule has 12 heavy (non-hydrogen) atoms. The van der Waals surface area contributed by atoms with Gasteiger partial charge < -0.3 is 5.11 Å². The number of aliphatic hydroxyl groups is 1. The van der Waals surface area contributed by atoms with Crippen molar-refractivity contribution in [2.24, 2.45) is 0 Å². The van der Waals surface area contributed by atoms with E-state index < -0.39 is 0 Å². The first-order chi connectivity index (χ1) is 5.86. The number of tetrazole rings is 1. The van der Waals surface area contributed by atoms with Crippen LogP contribution in [0, 0.1) is 0 Å². The molecule has 5 nitrogen and oxygen atoms in total. The van der Waals surface area contributed by atoms with E-state index in [1.807, 2.05) is 0 Å². The van der Waals surface area contributed by atoms with Gasteiger partial charge in [-0.2, -0.15) is 5.21 Å². The number of hydrogen-bond acceptors (Lipinski definition) is 5. The zero-order valence-electron chi connectivity index (χ0n) is 6.90. The lowest BCUT2D eigenvalue weighted by molar-refractivity contribution is 0.286. The molecule has 1 unspecified atom stereocenters. The molecule has 68 valence electrons. The molecule has 0 aromatic carbocycles. The summed E-state index contributed by atoms with van der Waals surface area (Å²) in [5, 5.41) is 23.2.